The number of rotatable bonds is 7. The van der Waals surface area contributed by atoms with Gasteiger partial charge in [0, 0.05) is 24.5 Å². The van der Waals surface area contributed by atoms with Gasteiger partial charge in [-0.25, -0.2) is 0 Å². The highest BCUT2D eigenvalue weighted by Crippen LogP contribution is 2.00. The van der Waals surface area contributed by atoms with Crippen LogP contribution in [0.2, 0.25) is 0 Å². The van der Waals surface area contributed by atoms with Crippen LogP contribution in [-0.4, -0.2) is 17.7 Å². The molecule has 0 fully saturated rings. The van der Waals surface area contributed by atoms with Crippen LogP contribution < -0.4 is 16.0 Å². The highest BCUT2D eigenvalue weighted by Gasteiger charge is 2.12. The Morgan fingerprint density at radius 3 is 2.41 bits per heavy atom. The quantitative estimate of drug-likeness (QED) is 0.763. The Hall–Kier alpha value is -2.82. The van der Waals surface area contributed by atoms with Gasteiger partial charge in [0.1, 0.15) is 0 Å². The van der Waals surface area contributed by atoms with Gasteiger partial charge in [0.2, 0.25) is 0 Å². The van der Waals surface area contributed by atoms with E-state index in [1.54, 1.807) is 36.7 Å². The molecule has 0 saturated heterocycles. The van der Waals surface area contributed by atoms with E-state index in [0.717, 1.165) is 11.0 Å². The van der Waals surface area contributed by atoms with Crippen molar-refractivity contribution in [3.05, 3.63) is 85.3 Å². The number of aromatic nitrogens is 1. The Labute approximate surface area is 131 Å². The minimum atomic E-state index is -0.102. The summed E-state index contributed by atoms with van der Waals surface area (Å²) in [6.45, 7) is 7.90. The zero-order chi connectivity index (χ0) is 15.8. The standard InChI is InChI=1S/C17H18BN3O/c1-3-18(21-4-2)16-7-5-15(6-8-16)17(22)20-13-14-9-11-19-12-10-14/h3-12,21H,1-2,13H2,(H,20,22). The Balaban J connectivity index is 1.99. The van der Waals surface area contributed by atoms with E-state index in [0.29, 0.717) is 12.1 Å². The molecule has 0 unspecified atom stereocenters. The lowest BCUT2D eigenvalue weighted by Crippen LogP contribution is -2.40. The summed E-state index contributed by atoms with van der Waals surface area (Å²) >= 11 is 0. The van der Waals surface area contributed by atoms with Crippen molar-refractivity contribution in [1.29, 1.82) is 0 Å². The number of hydrogen-bond donors (Lipinski definition) is 2. The minimum absolute atomic E-state index is 0.00794. The molecule has 22 heavy (non-hydrogen) atoms. The second kappa shape index (κ2) is 7.83. The maximum absolute atomic E-state index is 12.1. The Morgan fingerprint density at radius 1 is 1.14 bits per heavy atom. The van der Waals surface area contributed by atoms with Gasteiger partial charge >= 0.3 is 6.85 Å². The van der Waals surface area contributed by atoms with Crippen LogP contribution in [0.1, 0.15) is 15.9 Å². The molecule has 0 aliphatic rings. The number of pyridine rings is 1. The van der Waals surface area contributed by atoms with Gasteiger partial charge in [-0.15, -0.1) is 6.58 Å². The topological polar surface area (TPSA) is 54.0 Å². The lowest BCUT2D eigenvalue weighted by Gasteiger charge is -2.10. The van der Waals surface area contributed by atoms with E-state index in [1.807, 2.05) is 24.3 Å². The largest absolute Gasteiger partial charge is 0.427 e. The highest BCUT2D eigenvalue weighted by molar-refractivity contribution is 6.75. The van der Waals surface area contributed by atoms with Crippen LogP contribution >= 0.6 is 0 Å². The highest BCUT2D eigenvalue weighted by atomic mass is 16.1. The fourth-order valence-electron chi connectivity index (χ4n) is 2.05. The van der Waals surface area contributed by atoms with Gasteiger partial charge in [-0.2, -0.15) is 0 Å². The molecule has 1 aromatic heterocycles. The summed E-state index contributed by atoms with van der Waals surface area (Å²) in [5, 5.41) is 5.97. The molecule has 0 saturated carbocycles. The molecule has 2 rings (SSSR count). The molecule has 0 aliphatic heterocycles. The maximum atomic E-state index is 12.1. The molecular weight excluding hydrogens is 273 g/mol. The summed E-state index contributed by atoms with van der Waals surface area (Å²) in [4.78, 5) is 16.1. The predicted octanol–water partition coefficient (Wildman–Crippen LogP) is 1.67. The summed E-state index contributed by atoms with van der Waals surface area (Å²) in [5.41, 5.74) is 2.67. The molecule has 1 aromatic carbocycles. The summed E-state index contributed by atoms with van der Waals surface area (Å²) in [5.74, 6) is 1.69. The zero-order valence-corrected chi connectivity index (χ0v) is 12.3. The molecule has 0 atom stereocenters. The normalized spacial score (nSPS) is 9.64. The minimum Gasteiger partial charge on any atom is -0.427 e. The number of hydrogen-bond acceptors (Lipinski definition) is 3. The number of carbonyl (C=O) groups excluding carboxylic acids is 1. The van der Waals surface area contributed by atoms with Crippen LogP contribution in [0.5, 0.6) is 0 Å². The first-order valence-corrected chi connectivity index (χ1v) is 7.01. The summed E-state index contributed by atoms with van der Waals surface area (Å²) < 4.78 is 0. The third-order valence-corrected chi connectivity index (χ3v) is 3.27. The third kappa shape index (κ3) is 4.09. The van der Waals surface area contributed by atoms with Gasteiger partial charge in [-0.05, 0) is 36.0 Å². The van der Waals surface area contributed by atoms with Gasteiger partial charge in [0.05, 0.1) is 0 Å². The molecule has 1 amide bonds. The van der Waals surface area contributed by atoms with E-state index in [4.69, 9.17) is 0 Å². The molecule has 1 heterocycles. The number of nitrogens with one attached hydrogen (secondary N) is 2. The van der Waals surface area contributed by atoms with Crippen molar-refractivity contribution >= 4 is 18.2 Å². The second-order valence-corrected chi connectivity index (χ2v) is 4.74. The molecule has 2 aromatic rings. The van der Waals surface area contributed by atoms with E-state index in [1.165, 1.54) is 0 Å². The van der Waals surface area contributed by atoms with Crippen molar-refractivity contribution in [3.63, 3.8) is 0 Å². The van der Waals surface area contributed by atoms with E-state index < -0.39 is 0 Å². The molecule has 5 heteroatoms. The average molecular weight is 291 g/mol. The molecule has 4 nitrogen and oxygen atoms in total. The van der Waals surface area contributed by atoms with Crippen molar-refractivity contribution in [1.82, 2.24) is 15.5 Å². The van der Waals surface area contributed by atoms with Gasteiger partial charge < -0.3 is 10.5 Å². The van der Waals surface area contributed by atoms with Crippen molar-refractivity contribution in [3.8, 4) is 0 Å². The van der Waals surface area contributed by atoms with Crippen LogP contribution in [0.25, 0.3) is 0 Å². The van der Waals surface area contributed by atoms with Crippen molar-refractivity contribution in [2.45, 2.75) is 6.54 Å². The first-order chi connectivity index (χ1) is 10.7. The molecular formula is C17H18BN3O. The van der Waals surface area contributed by atoms with E-state index in [2.05, 4.69) is 28.7 Å². The average Bonchev–Trinajstić information content (AvgIpc) is 2.58. The van der Waals surface area contributed by atoms with Gasteiger partial charge in [0.25, 0.3) is 5.91 Å². The first-order valence-electron chi connectivity index (χ1n) is 7.01. The van der Waals surface area contributed by atoms with E-state index in [9.17, 15) is 4.79 Å². The van der Waals surface area contributed by atoms with Crippen LogP contribution in [0.15, 0.2) is 74.1 Å². The van der Waals surface area contributed by atoms with Crippen LogP contribution in [0.3, 0.4) is 0 Å². The van der Waals surface area contributed by atoms with Gasteiger partial charge in [-0.1, -0.05) is 30.1 Å². The number of benzene rings is 1. The van der Waals surface area contributed by atoms with Crippen molar-refractivity contribution in [2.75, 3.05) is 0 Å². The maximum Gasteiger partial charge on any atom is 0.312 e. The van der Waals surface area contributed by atoms with Gasteiger partial charge in [-0.3, -0.25) is 9.78 Å². The Bertz CT molecular complexity index is 641. The Morgan fingerprint density at radius 2 is 1.82 bits per heavy atom. The second-order valence-electron chi connectivity index (χ2n) is 4.74. The molecule has 110 valence electrons. The molecule has 0 spiro atoms. The van der Waals surface area contributed by atoms with Crippen LogP contribution in [0, 0.1) is 0 Å². The van der Waals surface area contributed by atoms with E-state index >= 15 is 0 Å². The fraction of sp³-hybridized carbons (Fsp3) is 0.0588. The predicted molar refractivity (Wildman–Crippen MR) is 90.8 cm³/mol. The number of amides is 1. The summed E-state index contributed by atoms with van der Waals surface area (Å²) in [6.07, 6.45) is 5.04. The fourth-order valence-corrected chi connectivity index (χ4v) is 2.05. The van der Waals surface area contributed by atoms with Gasteiger partial charge in [0.15, 0.2) is 0 Å². The zero-order valence-electron chi connectivity index (χ0n) is 12.3. The summed E-state index contributed by atoms with van der Waals surface area (Å²) in [6, 6.07) is 11.2. The van der Waals surface area contributed by atoms with Crippen LogP contribution in [-0.2, 0) is 6.54 Å². The third-order valence-electron chi connectivity index (χ3n) is 3.27. The molecule has 2 N–H and O–H groups in total. The lowest BCUT2D eigenvalue weighted by atomic mass is 9.56. The van der Waals surface area contributed by atoms with Crippen molar-refractivity contribution < 1.29 is 4.79 Å². The molecule has 0 radical (unpaired) electrons. The Kier molecular flexibility index (Phi) is 5.54. The summed E-state index contributed by atoms with van der Waals surface area (Å²) in [7, 11) is 0. The number of carbonyl (C=O) groups is 1. The monoisotopic (exact) mass is 291 g/mol. The SMILES string of the molecule is C=CNB(C=C)c1ccc(C(=O)NCc2ccncc2)cc1. The lowest BCUT2D eigenvalue weighted by molar-refractivity contribution is 0.0951. The first kappa shape index (κ1) is 15.6. The molecule has 0 bridgehead atoms. The van der Waals surface area contributed by atoms with Crippen molar-refractivity contribution in [2.24, 2.45) is 0 Å². The molecule has 0 aliphatic carbocycles. The number of nitrogens with zero attached hydrogens (tertiary/aromatic N) is 1. The van der Waals surface area contributed by atoms with Crippen LogP contribution in [0.4, 0.5) is 0 Å². The van der Waals surface area contributed by atoms with E-state index in [-0.39, 0.29) is 12.8 Å². The smallest absolute Gasteiger partial charge is 0.312 e.